The number of rotatable bonds is 1. The fraction of sp³-hybridized carbons (Fsp3) is 0.0909. The lowest BCUT2D eigenvalue weighted by Gasteiger charge is -2.04. The van der Waals surface area contributed by atoms with Crippen LogP contribution in [0.25, 0.3) is 16.9 Å². The van der Waals surface area contributed by atoms with Crippen LogP contribution in [0.3, 0.4) is 0 Å². The van der Waals surface area contributed by atoms with Gasteiger partial charge in [0, 0.05) is 6.20 Å². The summed E-state index contributed by atoms with van der Waals surface area (Å²) in [5.74, 6) is 0. The first-order valence-electron chi connectivity index (χ1n) is 5.04. The molecule has 84 valence electrons. The van der Waals surface area contributed by atoms with E-state index in [9.17, 15) is 0 Å². The van der Waals surface area contributed by atoms with Crippen LogP contribution in [-0.2, 0) is 0 Å². The molecule has 6 heteroatoms. The van der Waals surface area contributed by atoms with Crippen LogP contribution < -0.4 is 0 Å². The topological polar surface area (TPSA) is 56.0 Å². The molecule has 0 fully saturated rings. The van der Waals surface area contributed by atoms with E-state index >= 15 is 0 Å². The van der Waals surface area contributed by atoms with Crippen molar-refractivity contribution >= 4 is 21.4 Å². The lowest BCUT2D eigenvalue weighted by molar-refractivity contribution is 0.851. The summed E-state index contributed by atoms with van der Waals surface area (Å²) in [6.07, 6.45) is 3.23. The third-order valence-corrected chi connectivity index (χ3v) is 3.11. The second-order valence-corrected chi connectivity index (χ2v) is 4.46. The molecule has 0 aliphatic carbocycles. The van der Waals surface area contributed by atoms with Gasteiger partial charge in [0.05, 0.1) is 21.4 Å². The quantitative estimate of drug-likeness (QED) is 0.690. The van der Waals surface area contributed by atoms with Crippen molar-refractivity contribution in [2.75, 3.05) is 0 Å². The van der Waals surface area contributed by atoms with Gasteiger partial charge in [0.1, 0.15) is 12.0 Å². The van der Waals surface area contributed by atoms with Gasteiger partial charge < -0.3 is 0 Å². The van der Waals surface area contributed by atoms with Crippen molar-refractivity contribution in [2.45, 2.75) is 6.92 Å². The summed E-state index contributed by atoms with van der Waals surface area (Å²) in [6.45, 7) is 1.93. The molecule has 3 rings (SSSR count). The molecule has 0 saturated carbocycles. The summed E-state index contributed by atoms with van der Waals surface area (Å²) in [4.78, 5) is 8.21. The standard InChI is InChI=1S/C11H8BrN5/c1-7-9-3-2-4-10(17(9)16-15-7)11-8(12)5-13-6-14-11/h2-6H,1H3. The van der Waals surface area contributed by atoms with Gasteiger partial charge in [0.25, 0.3) is 0 Å². The molecule has 0 aromatic carbocycles. The predicted octanol–water partition coefficient (Wildman–Crippen LogP) is 2.26. The van der Waals surface area contributed by atoms with Crippen LogP contribution in [-0.4, -0.2) is 24.8 Å². The number of nitrogens with zero attached hydrogens (tertiary/aromatic N) is 5. The highest BCUT2D eigenvalue weighted by molar-refractivity contribution is 9.10. The molecule has 0 radical (unpaired) electrons. The van der Waals surface area contributed by atoms with E-state index in [4.69, 9.17) is 0 Å². The smallest absolute Gasteiger partial charge is 0.116 e. The number of hydrogen-bond acceptors (Lipinski definition) is 4. The second kappa shape index (κ2) is 3.89. The first-order valence-corrected chi connectivity index (χ1v) is 5.83. The number of fused-ring (bicyclic) bond motifs is 1. The van der Waals surface area contributed by atoms with E-state index in [1.807, 2.05) is 25.1 Å². The van der Waals surface area contributed by atoms with Crippen LogP contribution >= 0.6 is 15.9 Å². The van der Waals surface area contributed by atoms with Crippen molar-refractivity contribution < 1.29 is 0 Å². The molecule has 0 amide bonds. The average molecular weight is 290 g/mol. The van der Waals surface area contributed by atoms with Crippen molar-refractivity contribution in [1.82, 2.24) is 24.8 Å². The number of aromatic nitrogens is 5. The molecule has 0 aliphatic rings. The van der Waals surface area contributed by atoms with E-state index in [1.54, 1.807) is 10.7 Å². The summed E-state index contributed by atoms with van der Waals surface area (Å²) in [5, 5.41) is 8.19. The fourth-order valence-corrected chi connectivity index (χ4v) is 2.14. The Labute approximate surface area is 106 Å². The van der Waals surface area contributed by atoms with Crippen molar-refractivity contribution in [3.05, 3.63) is 40.9 Å². The lowest BCUT2D eigenvalue weighted by atomic mass is 10.2. The van der Waals surface area contributed by atoms with Gasteiger partial charge >= 0.3 is 0 Å². The van der Waals surface area contributed by atoms with E-state index in [-0.39, 0.29) is 0 Å². The Morgan fingerprint density at radius 2 is 2.18 bits per heavy atom. The third kappa shape index (κ3) is 1.61. The maximum absolute atomic E-state index is 4.26. The van der Waals surface area contributed by atoms with Crippen LogP contribution in [0.2, 0.25) is 0 Å². The lowest BCUT2D eigenvalue weighted by Crippen LogP contribution is -1.96. The fourth-order valence-electron chi connectivity index (χ4n) is 1.72. The Bertz CT molecular complexity index is 691. The normalized spacial score (nSPS) is 10.9. The second-order valence-electron chi connectivity index (χ2n) is 3.60. The number of aryl methyl sites for hydroxylation is 1. The molecule has 17 heavy (non-hydrogen) atoms. The van der Waals surface area contributed by atoms with Gasteiger partial charge in [-0.3, -0.25) is 0 Å². The van der Waals surface area contributed by atoms with Gasteiger partial charge in [0.15, 0.2) is 0 Å². The highest BCUT2D eigenvalue weighted by atomic mass is 79.9. The third-order valence-electron chi connectivity index (χ3n) is 2.53. The molecule has 3 aromatic rings. The van der Waals surface area contributed by atoms with Gasteiger partial charge in [0.2, 0.25) is 0 Å². The molecule has 0 saturated heterocycles. The molecular formula is C11H8BrN5. The Balaban J connectivity index is 2.35. The molecule has 3 aromatic heterocycles. The largest absolute Gasteiger partial charge is 0.244 e. The molecule has 0 bridgehead atoms. The zero-order valence-corrected chi connectivity index (χ0v) is 10.6. The predicted molar refractivity (Wildman–Crippen MR) is 66.5 cm³/mol. The molecule has 3 heterocycles. The first kappa shape index (κ1) is 10.3. The summed E-state index contributed by atoms with van der Waals surface area (Å²) < 4.78 is 2.61. The molecular weight excluding hydrogens is 282 g/mol. The summed E-state index contributed by atoms with van der Waals surface area (Å²) in [5.41, 5.74) is 3.57. The highest BCUT2D eigenvalue weighted by Gasteiger charge is 2.11. The van der Waals surface area contributed by atoms with Crippen molar-refractivity contribution in [1.29, 1.82) is 0 Å². The summed E-state index contributed by atoms with van der Waals surface area (Å²) in [6, 6.07) is 5.90. The first-order chi connectivity index (χ1) is 8.27. The van der Waals surface area contributed by atoms with Gasteiger partial charge in [-0.15, -0.1) is 5.10 Å². The molecule has 0 spiro atoms. The zero-order valence-electron chi connectivity index (χ0n) is 9.00. The van der Waals surface area contributed by atoms with Gasteiger partial charge in [-0.2, -0.15) is 0 Å². The zero-order chi connectivity index (χ0) is 11.8. The van der Waals surface area contributed by atoms with E-state index in [2.05, 4.69) is 36.2 Å². The number of hydrogen-bond donors (Lipinski definition) is 0. The molecule has 0 N–H and O–H groups in total. The van der Waals surface area contributed by atoms with Gasteiger partial charge in [-0.25, -0.2) is 14.5 Å². The Morgan fingerprint density at radius 1 is 1.29 bits per heavy atom. The van der Waals surface area contributed by atoms with Gasteiger partial charge in [-0.05, 0) is 35.0 Å². The molecule has 0 atom stereocenters. The maximum atomic E-state index is 4.26. The van der Waals surface area contributed by atoms with Crippen LogP contribution in [0.5, 0.6) is 0 Å². The summed E-state index contributed by atoms with van der Waals surface area (Å²) in [7, 11) is 0. The SMILES string of the molecule is Cc1nnn2c(-c3ncncc3Br)cccc12. The van der Waals surface area contributed by atoms with Crippen LogP contribution in [0.15, 0.2) is 35.2 Å². The average Bonchev–Trinajstić information content (AvgIpc) is 2.72. The number of halogens is 1. The Morgan fingerprint density at radius 3 is 3.00 bits per heavy atom. The van der Waals surface area contributed by atoms with E-state index in [1.165, 1.54) is 6.33 Å². The van der Waals surface area contributed by atoms with E-state index in [0.717, 1.165) is 27.1 Å². The minimum atomic E-state index is 0.801. The van der Waals surface area contributed by atoms with E-state index < -0.39 is 0 Å². The number of pyridine rings is 1. The molecule has 0 unspecified atom stereocenters. The van der Waals surface area contributed by atoms with Crippen molar-refractivity contribution in [3.8, 4) is 11.4 Å². The van der Waals surface area contributed by atoms with Crippen LogP contribution in [0.1, 0.15) is 5.69 Å². The Hall–Kier alpha value is -1.82. The minimum Gasteiger partial charge on any atom is -0.244 e. The van der Waals surface area contributed by atoms with Gasteiger partial charge in [-0.1, -0.05) is 11.3 Å². The maximum Gasteiger partial charge on any atom is 0.116 e. The van der Waals surface area contributed by atoms with E-state index in [0.29, 0.717) is 0 Å². The van der Waals surface area contributed by atoms with Crippen molar-refractivity contribution in [2.24, 2.45) is 0 Å². The molecule has 5 nitrogen and oxygen atoms in total. The van der Waals surface area contributed by atoms with Crippen LogP contribution in [0.4, 0.5) is 0 Å². The minimum absolute atomic E-state index is 0.801. The Kier molecular flexibility index (Phi) is 2.36. The molecule has 0 aliphatic heterocycles. The monoisotopic (exact) mass is 289 g/mol. The summed E-state index contributed by atoms with van der Waals surface area (Å²) >= 11 is 3.44. The van der Waals surface area contributed by atoms with Crippen LogP contribution in [0, 0.1) is 6.92 Å². The van der Waals surface area contributed by atoms with Crippen molar-refractivity contribution in [3.63, 3.8) is 0 Å². The highest BCUT2D eigenvalue weighted by Crippen LogP contribution is 2.25.